The van der Waals surface area contributed by atoms with Crippen molar-refractivity contribution in [2.24, 2.45) is 0 Å². The van der Waals surface area contributed by atoms with Crippen molar-refractivity contribution >= 4 is 11.6 Å². The van der Waals surface area contributed by atoms with E-state index in [0.29, 0.717) is 17.0 Å². The van der Waals surface area contributed by atoms with Gasteiger partial charge in [0, 0.05) is 31.4 Å². The zero-order chi connectivity index (χ0) is 13.8. The summed E-state index contributed by atoms with van der Waals surface area (Å²) in [5.41, 5.74) is 6.97. The number of nitrogens with zero attached hydrogens (tertiary/aromatic N) is 2. The van der Waals surface area contributed by atoms with E-state index in [1.165, 1.54) is 0 Å². The van der Waals surface area contributed by atoms with E-state index in [0.717, 1.165) is 32.6 Å². The number of benzene rings is 1. The molecule has 0 saturated carbocycles. The van der Waals surface area contributed by atoms with Crippen LogP contribution in [0.4, 0.5) is 5.69 Å². The van der Waals surface area contributed by atoms with Gasteiger partial charge in [-0.25, -0.2) is 0 Å². The Bertz CT molecular complexity index is 462. The van der Waals surface area contributed by atoms with Crippen LogP contribution in [-0.4, -0.2) is 56.0 Å². The number of nitrogens with two attached hydrogens (primary N) is 1. The second-order valence-corrected chi connectivity index (χ2v) is 4.90. The first-order valence-corrected chi connectivity index (χ1v) is 6.53. The third kappa shape index (κ3) is 3.17. The minimum Gasteiger partial charge on any atom is -0.497 e. The Kier molecular flexibility index (Phi) is 4.27. The summed E-state index contributed by atoms with van der Waals surface area (Å²) in [6.45, 7) is 3.47. The summed E-state index contributed by atoms with van der Waals surface area (Å²) in [4.78, 5) is 16.6. The molecule has 1 aromatic carbocycles. The highest BCUT2D eigenvalue weighted by molar-refractivity contribution is 5.99. The number of rotatable bonds is 2. The van der Waals surface area contributed by atoms with Crippen LogP contribution in [0.25, 0.3) is 0 Å². The van der Waals surface area contributed by atoms with E-state index >= 15 is 0 Å². The van der Waals surface area contributed by atoms with Gasteiger partial charge >= 0.3 is 0 Å². The van der Waals surface area contributed by atoms with Gasteiger partial charge in [-0.15, -0.1) is 0 Å². The highest BCUT2D eigenvalue weighted by Gasteiger charge is 2.20. The molecule has 1 saturated heterocycles. The Morgan fingerprint density at radius 1 is 1.26 bits per heavy atom. The Hall–Kier alpha value is -1.75. The molecule has 0 bridgehead atoms. The predicted molar refractivity (Wildman–Crippen MR) is 75.4 cm³/mol. The maximum Gasteiger partial charge on any atom is 0.255 e. The van der Waals surface area contributed by atoms with Gasteiger partial charge in [0.25, 0.3) is 5.91 Å². The Morgan fingerprint density at radius 2 is 2.05 bits per heavy atom. The second kappa shape index (κ2) is 5.93. The van der Waals surface area contributed by atoms with Crippen LogP contribution in [0.2, 0.25) is 0 Å². The number of carbonyl (C=O) groups excluding carboxylic acids is 1. The summed E-state index contributed by atoms with van der Waals surface area (Å²) < 4.78 is 5.10. The molecule has 0 aromatic heterocycles. The maximum absolute atomic E-state index is 12.5. The van der Waals surface area contributed by atoms with Crippen LogP contribution in [0.3, 0.4) is 0 Å². The zero-order valence-electron chi connectivity index (χ0n) is 11.6. The third-order valence-electron chi connectivity index (χ3n) is 3.50. The van der Waals surface area contributed by atoms with E-state index in [4.69, 9.17) is 10.5 Å². The number of methoxy groups -OCH3 is 1. The van der Waals surface area contributed by atoms with Crippen LogP contribution in [0.15, 0.2) is 18.2 Å². The molecule has 2 rings (SSSR count). The molecule has 1 heterocycles. The van der Waals surface area contributed by atoms with Gasteiger partial charge in [0.05, 0.1) is 12.7 Å². The van der Waals surface area contributed by atoms with E-state index in [9.17, 15) is 4.79 Å². The van der Waals surface area contributed by atoms with Gasteiger partial charge in [0.15, 0.2) is 0 Å². The third-order valence-corrected chi connectivity index (χ3v) is 3.50. The van der Waals surface area contributed by atoms with Gasteiger partial charge in [0.2, 0.25) is 0 Å². The Morgan fingerprint density at radius 3 is 2.74 bits per heavy atom. The Balaban J connectivity index is 2.14. The van der Waals surface area contributed by atoms with Gasteiger partial charge in [0.1, 0.15) is 5.75 Å². The molecule has 0 radical (unpaired) electrons. The summed E-state index contributed by atoms with van der Waals surface area (Å²) in [6, 6.07) is 5.20. The minimum absolute atomic E-state index is 0.00968. The fourth-order valence-corrected chi connectivity index (χ4v) is 2.28. The smallest absolute Gasteiger partial charge is 0.255 e. The van der Waals surface area contributed by atoms with Crippen LogP contribution in [0.1, 0.15) is 16.8 Å². The molecular formula is C14H21N3O2. The topological polar surface area (TPSA) is 58.8 Å². The summed E-state index contributed by atoms with van der Waals surface area (Å²) in [5, 5.41) is 0. The second-order valence-electron chi connectivity index (χ2n) is 4.90. The number of likely N-dealkylation sites (N-methyl/N-ethyl adjacent to an activating group) is 1. The largest absolute Gasteiger partial charge is 0.497 e. The summed E-state index contributed by atoms with van der Waals surface area (Å²) in [7, 11) is 3.66. The molecule has 5 nitrogen and oxygen atoms in total. The molecule has 5 heteroatoms. The summed E-state index contributed by atoms with van der Waals surface area (Å²) in [6.07, 6.45) is 0.998. The zero-order valence-corrected chi connectivity index (χ0v) is 11.6. The molecule has 0 spiro atoms. The fourth-order valence-electron chi connectivity index (χ4n) is 2.28. The average Bonchev–Trinajstić information content (AvgIpc) is 2.62. The van der Waals surface area contributed by atoms with Crippen LogP contribution >= 0.6 is 0 Å². The lowest BCUT2D eigenvalue weighted by atomic mass is 10.1. The molecule has 2 N–H and O–H groups in total. The predicted octanol–water partition coefficient (Wildman–Crippen LogP) is 1.06. The minimum atomic E-state index is 0.00968. The van der Waals surface area contributed by atoms with Gasteiger partial charge in [-0.2, -0.15) is 0 Å². The SMILES string of the molecule is COc1ccc(C(=O)N2CCCN(C)CC2)c(N)c1. The molecule has 1 fully saturated rings. The Labute approximate surface area is 113 Å². The highest BCUT2D eigenvalue weighted by atomic mass is 16.5. The molecular weight excluding hydrogens is 242 g/mol. The standard InChI is InChI=1S/C14H21N3O2/c1-16-6-3-7-17(9-8-16)14(18)12-5-4-11(19-2)10-13(12)15/h4-5,10H,3,6-9,15H2,1-2H3. The number of ether oxygens (including phenoxy) is 1. The number of amides is 1. The van der Waals surface area contributed by atoms with Crippen molar-refractivity contribution in [3.05, 3.63) is 23.8 Å². The molecule has 1 aromatic rings. The quantitative estimate of drug-likeness (QED) is 0.810. The van der Waals surface area contributed by atoms with Gasteiger partial charge in [-0.05, 0) is 32.1 Å². The van der Waals surface area contributed by atoms with Crippen molar-refractivity contribution in [3.63, 3.8) is 0 Å². The number of hydrogen-bond acceptors (Lipinski definition) is 4. The van der Waals surface area contributed by atoms with E-state index in [2.05, 4.69) is 11.9 Å². The normalized spacial score (nSPS) is 17.1. The lowest BCUT2D eigenvalue weighted by Crippen LogP contribution is -2.34. The first-order chi connectivity index (χ1) is 9.11. The van der Waals surface area contributed by atoms with E-state index in [1.54, 1.807) is 25.3 Å². The van der Waals surface area contributed by atoms with Crippen LogP contribution < -0.4 is 10.5 Å². The van der Waals surface area contributed by atoms with Crippen LogP contribution in [0.5, 0.6) is 5.75 Å². The number of anilines is 1. The fraction of sp³-hybridized carbons (Fsp3) is 0.500. The van der Waals surface area contributed by atoms with Crippen molar-refractivity contribution in [1.29, 1.82) is 0 Å². The first-order valence-electron chi connectivity index (χ1n) is 6.53. The van der Waals surface area contributed by atoms with E-state index in [-0.39, 0.29) is 5.91 Å². The van der Waals surface area contributed by atoms with Crippen LogP contribution in [-0.2, 0) is 0 Å². The van der Waals surface area contributed by atoms with Gasteiger partial charge < -0.3 is 20.3 Å². The van der Waals surface area contributed by atoms with Crippen LogP contribution in [0, 0.1) is 0 Å². The molecule has 0 atom stereocenters. The lowest BCUT2D eigenvalue weighted by molar-refractivity contribution is 0.0764. The molecule has 1 aliphatic rings. The van der Waals surface area contributed by atoms with Crippen molar-refractivity contribution in [1.82, 2.24) is 9.80 Å². The number of nitrogen functional groups attached to an aromatic ring is 1. The van der Waals surface area contributed by atoms with Gasteiger partial charge in [-0.3, -0.25) is 4.79 Å². The molecule has 1 aliphatic heterocycles. The average molecular weight is 263 g/mol. The molecule has 104 valence electrons. The first kappa shape index (κ1) is 13.7. The van der Waals surface area contributed by atoms with Crippen molar-refractivity contribution in [3.8, 4) is 5.75 Å². The number of hydrogen-bond donors (Lipinski definition) is 1. The van der Waals surface area contributed by atoms with Crippen molar-refractivity contribution in [2.75, 3.05) is 46.1 Å². The van der Waals surface area contributed by atoms with Crippen molar-refractivity contribution in [2.45, 2.75) is 6.42 Å². The van der Waals surface area contributed by atoms with E-state index < -0.39 is 0 Å². The highest BCUT2D eigenvalue weighted by Crippen LogP contribution is 2.21. The molecule has 19 heavy (non-hydrogen) atoms. The molecule has 1 amide bonds. The van der Waals surface area contributed by atoms with Gasteiger partial charge in [-0.1, -0.05) is 0 Å². The monoisotopic (exact) mass is 263 g/mol. The molecule has 0 unspecified atom stereocenters. The summed E-state index contributed by atoms with van der Waals surface area (Å²) in [5.74, 6) is 0.681. The number of carbonyl (C=O) groups is 1. The lowest BCUT2D eigenvalue weighted by Gasteiger charge is -2.21. The maximum atomic E-state index is 12.5. The summed E-state index contributed by atoms with van der Waals surface area (Å²) >= 11 is 0. The van der Waals surface area contributed by atoms with E-state index in [1.807, 2.05) is 4.90 Å². The molecule has 0 aliphatic carbocycles. The van der Waals surface area contributed by atoms with Crippen molar-refractivity contribution < 1.29 is 9.53 Å².